The molecule has 0 aliphatic rings. The van der Waals surface area contributed by atoms with Gasteiger partial charge in [-0.25, -0.2) is 9.97 Å². The standard InChI is InChI=1S/C18H20N4O2S2/c1-11-16(12(2)24-22-11)10-26-18-15(5-4-7-20-18)17(23)19-8-6-14-9-25-13(3)21-14/h4-5,7,9H,6,8,10H2,1-3H3,(H,19,23). The Bertz CT molecular complexity index is 885. The molecule has 0 aliphatic heterocycles. The molecule has 0 saturated heterocycles. The van der Waals surface area contributed by atoms with Gasteiger partial charge in [0, 0.05) is 35.9 Å². The van der Waals surface area contributed by atoms with Crippen molar-refractivity contribution < 1.29 is 9.32 Å². The van der Waals surface area contributed by atoms with Gasteiger partial charge in [-0.2, -0.15) is 0 Å². The molecule has 1 N–H and O–H groups in total. The molecule has 0 aromatic carbocycles. The molecule has 0 bridgehead atoms. The van der Waals surface area contributed by atoms with Crippen molar-refractivity contribution in [2.24, 2.45) is 0 Å². The lowest BCUT2D eigenvalue weighted by atomic mass is 10.2. The lowest BCUT2D eigenvalue weighted by molar-refractivity contribution is 0.0950. The highest BCUT2D eigenvalue weighted by molar-refractivity contribution is 7.98. The van der Waals surface area contributed by atoms with Crippen LogP contribution in [-0.4, -0.2) is 27.6 Å². The number of thiazole rings is 1. The van der Waals surface area contributed by atoms with E-state index in [1.807, 2.05) is 26.2 Å². The molecule has 0 aliphatic carbocycles. The topological polar surface area (TPSA) is 80.9 Å². The zero-order chi connectivity index (χ0) is 18.5. The molecule has 0 saturated carbocycles. The maximum atomic E-state index is 12.5. The first kappa shape index (κ1) is 18.6. The van der Waals surface area contributed by atoms with Crippen molar-refractivity contribution >= 4 is 29.0 Å². The highest BCUT2D eigenvalue weighted by Crippen LogP contribution is 2.27. The Kier molecular flexibility index (Phi) is 6.05. The fourth-order valence-corrected chi connectivity index (χ4v) is 4.24. The second-order valence-electron chi connectivity index (χ2n) is 5.81. The van der Waals surface area contributed by atoms with E-state index in [1.165, 1.54) is 11.8 Å². The summed E-state index contributed by atoms with van der Waals surface area (Å²) in [6.07, 6.45) is 2.42. The average molecular weight is 389 g/mol. The summed E-state index contributed by atoms with van der Waals surface area (Å²) in [4.78, 5) is 21.3. The highest BCUT2D eigenvalue weighted by Gasteiger charge is 2.15. The number of hydrogen-bond acceptors (Lipinski definition) is 7. The predicted molar refractivity (Wildman–Crippen MR) is 103 cm³/mol. The number of rotatable bonds is 7. The summed E-state index contributed by atoms with van der Waals surface area (Å²) in [5.74, 6) is 1.35. The van der Waals surface area contributed by atoms with Gasteiger partial charge in [0.2, 0.25) is 0 Å². The molecule has 8 heteroatoms. The normalized spacial score (nSPS) is 10.9. The fraction of sp³-hybridized carbons (Fsp3) is 0.333. The number of carbonyl (C=O) groups excluding carboxylic acids is 1. The molecule has 3 aromatic heterocycles. The van der Waals surface area contributed by atoms with Gasteiger partial charge < -0.3 is 9.84 Å². The minimum atomic E-state index is -0.119. The Morgan fingerprint density at radius 1 is 1.35 bits per heavy atom. The Morgan fingerprint density at radius 2 is 2.19 bits per heavy atom. The van der Waals surface area contributed by atoms with Crippen LogP contribution in [0.2, 0.25) is 0 Å². The molecular weight excluding hydrogens is 368 g/mol. The van der Waals surface area contributed by atoms with Crippen molar-refractivity contribution in [2.75, 3.05) is 6.54 Å². The summed E-state index contributed by atoms with van der Waals surface area (Å²) in [6.45, 7) is 6.33. The van der Waals surface area contributed by atoms with Gasteiger partial charge in [0.25, 0.3) is 5.91 Å². The largest absolute Gasteiger partial charge is 0.361 e. The van der Waals surface area contributed by atoms with Crippen LogP contribution < -0.4 is 5.32 Å². The molecule has 0 radical (unpaired) electrons. The quantitative estimate of drug-likeness (QED) is 0.621. The first-order valence-corrected chi connectivity index (χ1v) is 10.1. The van der Waals surface area contributed by atoms with Gasteiger partial charge in [0.15, 0.2) is 0 Å². The summed E-state index contributed by atoms with van der Waals surface area (Å²) in [5, 5.41) is 10.7. The third kappa shape index (κ3) is 4.50. The zero-order valence-corrected chi connectivity index (χ0v) is 16.5. The monoisotopic (exact) mass is 388 g/mol. The van der Waals surface area contributed by atoms with Crippen LogP contribution >= 0.6 is 23.1 Å². The molecule has 6 nitrogen and oxygen atoms in total. The summed E-state index contributed by atoms with van der Waals surface area (Å²) in [7, 11) is 0. The molecule has 3 rings (SSSR count). The first-order chi connectivity index (χ1) is 12.5. The third-order valence-electron chi connectivity index (χ3n) is 3.88. The van der Waals surface area contributed by atoms with Gasteiger partial charge in [-0.05, 0) is 32.9 Å². The molecule has 1 amide bonds. The third-order valence-corrected chi connectivity index (χ3v) is 5.74. The van der Waals surface area contributed by atoms with Gasteiger partial charge in [-0.3, -0.25) is 4.79 Å². The van der Waals surface area contributed by atoms with E-state index in [2.05, 4.69) is 20.4 Å². The lowest BCUT2D eigenvalue weighted by Crippen LogP contribution is -2.26. The van der Waals surface area contributed by atoms with Crippen LogP contribution in [0.5, 0.6) is 0 Å². The molecule has 136 valence electrons. The van der Waals surface area contributed by atoms with Crippen LogP contribution in [0, 0.1) is 20.8 Å². The summed E-state index contributed by atoms with van der Waals surface area (Å²) in [6, 6.07) is 3.57. The van der Waals surface area contributed by atoms with E-state index in [4.69, 9.17) is 4.52 Å². The minimum Gasteiger partial charge on any atom is -0.361 e. The smallest absolute Gasteiger partial charge is 0.254 e. The van der Waals surface area contributed by atoms with E-state index in [9.17, 15) is 4.79 Å². The molecule has 0 spiro atoms. The Morgan fingerprint density at radius 3 is 2.88 bits per heavy atom. The van der Waals surface area contributed by atoms with E-state index < -0.39 is 0 Å². The SMILES string of the molecule is Cc1nc(CCNC(=O)c2cccnc2SCc2c(C)noc2C)cs1. The number of hydrogen-bond donors (Lipinski definition) is 1. The minimum absolute atomic E-state index is 0.119. The van der Waals surface area contributed by atoms with Crippen LogP contribution in [0.25, 0.3) is 0 Å². The maximum absolute atomic E-state index is 12.5. The van der Waals surface area contributed by atoms with E-state index >= 15 is 0 Å². The van der Waals surface area contributed by atoms with Crippen LogP contribution in [-0.2, 0) is 12.2 Å². The number of carbonyl (C=O) groups is 1. The molecule has 0 unspecified atom stereocenters. The Labute approximate surface area is 160 Å². The van der Waals surface area contributed by atoms with Crippen molar-refractivity contribution in [1.82, 2.24) is 20.4 Å². The van der Waals surface area contributed by atoms with E-state index in [-0.39, 0.29) is 5.91 Å². The number of aryl methyl sites for hydroxylation is 3. The van der Waals surface area contributed by atoms with E-state index in [0.29, 0.717) is 22.9 Å². The van der Waals surface area contributed by atoms with Crippen LogP contribution in [0.1, 0.15) is 38.1 Å². The number of nitrogens with one attached hydrogen (secondary N) is 1. The van der Waals surface area contributed by atoms with Crippen LogP contribution in [0.15, 0.2) is 33.3 Å². The van der Waals surface area contributed by atoms with Crippen molar-refractivity contribution in [3.05, 3.63) is 57.0 Å². The predicted octanol–water partition coefficient (Wildman–Crippen LogP) is 3.72. The molecule has 3 aromatic rings. The van der Waals surface area contributed by atoms with Gasteiger partial charge >= 0.3 is 0 Å². The van der Waals surface area contributed by atoms with E-state index in [0.717, 1.165) is 34.1 Å². The van der Waals surface area contributed by atoms with Crippen molar-refractivity contribution in [3.63, 3.8) is 0 Å². The average Bonchev–Trinajstić information content (AvgIpc) is 3.19. The Balaban J connectivity index is 1.61. The maximum Gasteiger partial charge on any atom is 0.254 e. The Hall–Kier alpha value is -2.19. The molecule has 3 heterocycles. The van der Waals surface area contributed by atoms with Gasteiger partial charge in [-0.15, -0.1) is 23.1 Å². The lowest BCUT2D eigenvalue weighted by Gasteiger charge is -2.08. The second kappa shape index (κ2) is 8.46. The number of amides is 1. The van der Waals surface area contributed by atoms with Crippen LogP contribution in [0.3, 0.4) is 0 Å². The summed E-state index contributed by atoms with van der Waals surface area (Å²) in [5.41, 5.74) is 3.51. The number of nitrogens with zero attached hydrogens (tertiary/aromatic N) is 3. The summed E-state index contributed by atoms with van der Waals surface area (Å²) < 4.78 is 5.19. The fourth-order valence-electron chi connectivity index (χ4n) is 2.45. The highest BCUT2D eigenvalue weighted by atomic mass is 32.2. The van der Waals surface area contributed by atoms with Crippen molar-refractivity contribution in [3.8, 4) is 0 Å². The molecule has 26 heavy (non-hydrogen) atoms. The van der Waals surface area contributed by atoms with Crippen LogP contribution in [0.4, 0.5) is 0 Å². The second-order valence-corrected chi connectivity index (χ2v) is 7.84. The van der Waals surface area contributed by atoms with Crippen molar-refractivity contribution in [2.45, 2.75) is 38.0 Å². The van der Waals surface area contributed by atoms with Gasteiger partial charge in [0.05, 0.1) is 22.0 Å². The molecular formula is C18H20N4O2S2. The molecule has 0 fully saturated rings. The van der Waals surface area contributed by atoms with Gasteiger partial charge in [0.1, 0.15) is 10.8 Å². The molecule has 0 atom stereocenters. The number of aromatic nitrogens is 3. The van der Waals surface area contributed by atoms with Crippen molar-refractivity contribution in [1.29, 1.82) is 0 Å². The zero-order valence-electron chi connectivity index (χ0n) is 14.9. The first-order valence-electron chi connectivity index (χ1n) is 8.23. The van der Waals surface area contributed by atoms with Gasteiger partial charge in [-0.1, -0.05) is 5.16 Å². The number of thioether (sulfide) groups is 1. The van der Waals surface area contributed by atoms with E-state index in [1.54, 1.807) is 29.7 Å². The summed E-state index contributed by atoms with van der Waals surface area (Å²) >= 11 is 3.13. The number of pyridine rings is 1.